The number of rotatable bonds is 6. The van der Waals surface area contributed by atoms with Crippen molar-refractivity contribution in [3.05, 3.63) is 41.6 Å². The Morgan fingerprint density at radius 1 is 1.10 bits per heavy atom. The van der Waals surface area contributed by atoms with Crippen LogP contribution >= 0.6 is 0 Å². The first kappa shape index (κ1) is 22.3. The van der Waals surface area contributed by atoms with Gasteiger partial charge in [0.25, 0.3) is 0 Å². The van der Waals surface area contributed by atoms with Crippen molar-refractivity contribution in [3.63, 3.8) is 0 Å². The minimum absolute atomic E-state index is 0.0653. The molecule has 0 aliphatic carbocycles. The van der Waals surface area contributed by atoms with E-state index < -0.39 is 14.8 Å². The minimum atomic E-state index is -3.57. The van der Waals surface area contributed by atoms with Crippen molar-refractivity contribution >= 4 is 9.84 Å². The number of sulfone groups is 1. The molecule has 4 rings (SSSR count). The third-order valence-electron chi connectivity index (χ3n) is 7.92. The molecular weight excluding hydrogens is 406 g/mol. The van der Waals surface area contributed by atoms with E-state index in [1.807, 2.05) is 6.07 Å². The van der Waals surface area contributed by atoms with Gasteiger partial charge in [-0.25, -0.2) is 8.42 Å². The molecule has 5 heteroatoms. The number of unbranched alkanes of at least 4 members (excludes halogenated alkanes) is 2. The van der Waals surface area contributed by atoms with Crippen LogP contribution in [0.5, 0.6) is 5.75 Å². The number of pyridine rings is 1. The molecule has 2 aliphatic heterocycles. The summed E-state index contributed by atoms with van der Waals surface area (Å²) in [5, 5.41) is 0. The van der Waals surface area contributed by atoms with E-state index in [2.05, 4.69) is 63.6 Å². The predicted molar refractivity (Wildman–Crippen MR) is 124 cm³/mol. The molecule has 31 heavy (non-hydrogen) atoms. The van der Waals surface area contributed by atoms with E-state index in [9.17, 15) is 8.42 Å². The van der Waals surface area contributed by atoms with Crippen LogP contribution in [0, 0.1) is 6.92 Å². The Bertz CT molecular complexity index is 1120. The molecule has 0 N–H and O–H groups in total. The molecule has 0 bridgehead atoms. The van der Waals surface area contributed by atoms with Crippen molar-refractivity contribution < 1.29 is 17.7 Å². The molecule has 0 saturated heterocycles. The lowest BCUT2D eigenvalue weighted by Crippen LogP contribution is -2.54. The van der Waals surface area contributed by atoms with E-state index >= 15 is 0 Å². The quantitative estimate of drug-likeness (QED) is 0.404. The fraction of sp³-hybridized carbons (Fsp3) is 0.577. The summed E-state index contributed by atoms with van der Waals surface area (Å²) in [6.07, 6.45) is 7.61. The molecule has 4 nitrogen and oxygen atoms in total. The average Bonchev–Trinajstić information content (AvgIpc) is 2.93. The number of fused-ring (bicyclic) bond motifs is 4. The fourth-order valence-electron chi connectivity index (χ4n) is 5.77. The fourth-order valence-corrected chi connectivity index (χ4v) is 7.48. The van der Waals surface area contributed by atoms with Gasteiger partial charge in [-0.1, -0.05) is 33.6 Å². The molecule has 0 amide bonds. The first-order valence-electron chi connectivity index (χ1n) is 11.8. The van der Waals surface area contributed by atoms with Gasteiger partial charge in [0.15, 0.2) is 12.2 Å². The Labute approximate surface area is 187 Å². The first-order valence-corrected chi connectivity index (χ1v) is 13.3. The molecule has 2 unspecified atom stereocenters. The normalized spacial score (nSPS) is 24.8. The standard InChI is InChI=1S/C26H36NO3S/c1-7-10-11-14-25(6)30-23-16-21-20(15-24(23)31(25,28)29)22-13-12-18(4)17-27(22)19(5)26(21,8-2)9-3/h12-13,15-17,19H,7-11,14H2,1-6H3/q+1. The molecule has 2 aliphatic rings. The van der Waals surface area contributed by atoms with Crippen molar-refractivity contribution in [3.8, 4) is 17.0 Å². The minimum Gasteiger partial charge on any atom is -0.470 e. The highest BCUT2D eigenvalue weighted by molar-refractivity contribution is 7.93. The molecule has 2 atom stereocenters. The van der Waals surface area contributed by atoms with Crippen molar-refractivity contribution in [2.45, 2.75) is 101 Å². The smallest absolute Gasteiger partial charge is 0.222 e. The summed E-state index contributed by atoms with van der Waals surface area (Å²) in [5.41, 5.74) is 4.49. The van der Waals surface area contributed by atoms with Crippen LogP contribution in [0.1, 0.15) is 90.3 Å². The van der Waals surface area contributed by atoms with Gasteiger partial charge < -0.3 is 4.74 Å². The van der Waals surface area contributed by atoms with Crippen LogP contribution < -0.4 is 9.30 Å². The van der Waals surface area contributed by atoms with E-state index in [4.69, 9.17) is 4.74 Å². The van der Waals surface area contributed by atoms with Crippen molar-refractivity contribution in [1.82, 2.24) is 0 Å². The number of ether oxygens (including phenoxy) is 1. The molecular formula is C26H36NO3S+. The van der Waals surface area contributed by atoms with E-state index in [0.717, 1.165) is 43.4 Å². The lowest BCUT2D eigenvalue weighted by molar-refractivity contribution is -0.721. The number of nitrogens with zero attached hydrogens (tertiary/aromatic N) is 1. The predicted octanol–water partition coefficient (Wildman–Crippen LogP) is 6.04. The van der Waals surface area contributed by atoms with Crippen LogP contribution in [0.15, 0.2) is 35.4 Å². The lowest BCUT2D eigenvalue weighted by atomic mass is 9.66. The summed E-state index contributed by atoms with van der Waals surface area (Å²) < 4.78 is 35.8. The third kappa shape index (κ3) is 3.06. The molecule has 1 aromatic carbocycles. The monoisotopic (exact) mass is 442 g/mol. The summed E-state index contributed by atoms with van der Waals surface area (Å²) in [5.74, 6) is 0.539. The van der Waals surface area contributed by atoms with Crippen LogP contribution in [0.3, 0.4) is 0 Å². The molecule has 0 spiro atoms. The van der Waals surface area contributed by atoms with Gasteiger partial charge in [-0.2, -0.15) is 4.57 Å². The van der Waals surface area contributed by atoms with E-state index in [1.165, 1.54) is 11.1 Å². The second-order valence-electron chi connectivity index (χ2n) is 9.58. The van der Waals surface area contributed by atoms with Crippen LogP contribution in [-0.2, 0) is 15.3 Å². The van der Waals surface area contributed by atoms with E-state index in [0.29, 0.717) is 17.1 Å². The van der Waals surface area contributed by atoms with E-state index in [1.54, 1.807) is 6.92 Å². The average molecular weight is 443 g/mol. The zero-order valence-corrected chi connectivity index (χ0v) is 20.6. The largest absolute Gasteiger partial charge is 0.470 e. The summed E-state index contributed by atoms with van der Waals surface area (Å²) in [6.45, 7) is 12.8. The van der Waals surface area contributed by atoms with Crippen LogP contribution in [-0.4, -0.2) is 13.4 Å². The second kappa shape index (κ2) is 7.61. The van der Waals surface area contributed by atoms with Gasteiger partial charge in [0.1, 0.15) is 10.6 Å². The topological polar surface area (TPSA) is 47.3 Å². The third-order valence-corrected chi connectivity index (χ3v) is 10.2. The van der Waals surface area contributed by atoms with Crippen molar-refractivity contribution in [2.75, 3.05) is 0 Å². The Hall–Kier alpha value is -1.88. The molecule has 0 saturated carbocycles. The SMILES string of the molecule is CCCCCC1(C)Oc2cc3c(cc2S1(=O)=O)-c1ccc(C)c[n+]1C(C)C3(CC)CC. The van der Waals surface area contributed by atoms with Gasteiger partial charge in [0, 0.05) is 18.1 Å². The van der Waals surface area contributed by atoms with Gasteiger partial charge in [-0.15, -0.1) is 0 Å². The van der Waals surface area contributed by atoms with Gasteiger partial charge in [0.05, 0.1) is 11.0 Å². The highest BCUT2D eigenvalue weighted by atomic mass is 32.2. The van der Waals surface area contributed by atoms with Crippen molar-refractivity contribution in [2.24, 2.45) is 0 Å². The summed E-state index contributed by atoms with van der Waals surface area (Å²) in [6, 6.07) is 8.48. The summed E-state index contributed by atoms with van der Waals surface area (Å²) >= 11 is 0. The Kier molecular flexibility index (Phi) is 5.48. The Balaban J connectivity index is 1.94. The highest BCUT2D eigenvalue weighted by Crippen LogP contribution is 2.53. The van der Waals surface area contributed by atoms with Crippen molar-refractivity contribution in [1.29, 1.82) is 0 Å². The van der Waals surface area contributed by atoms with Gasteiger partial charge in [-0.05, 0) is 63.8 Å². The highest BCUT2D eigenvalue weighted by Gasteiger charge is 2.53. The van der Waals surface area contributed by atoms with Gasteiger partial charge >= 0.3 is 0 Å². The molecule has 168 valence electrons. The molecule has 2 aromatic rings. The number of hydrogen-bond acceptors (Lipinski definition) is 3. The Morgan fingerprint density at radius 3 is 2.45 bits per heavy atom. The number of aromatic nitrogens is 1. The number of hydrogen-bond donors (Lipinski definition) is 0. The summed E-state index contributed by atoms with van der Waals surface area (Å²) in [7, 11) is -3.57. The Morgan fingerprint density at radius 2 is 1.81 bits per heavy atom. The van der Waals surface area contributed by atoms with Gasteiger partial charge in [-0.3, -0.25) is 0 Å². The molecule has 0 radical (unpaired) electrons. The number of benzene rings is 1. The van der Waals surface area contributed by atoms with Crippen LogP contribution in [0.4, 0.5) is 0 Å². The molecule has 1 aromatic heterocycles. The van der Waals surface area contributed by atoms with Crippen LogP contribution in [0.2, 0.25) is 0 Å². The second-order valence-corrected chi connectivity index (χ2v) is 11.9. The maximum atomic E-state index is 13.6. The molecule has 0 fully saturated rings. The molecule has 3 heterocycles. The van der Waals surface area contributed by atoms with Gasteiger partial charge in [0.2, 0.25) is 20.5 Å². The van der Waals surface area contributed by atoms with E-state index in [-0.39, 0.29) is 11.5 Å². The lowest BCUT2D eigenvalue weighted by Gasteiger charge is -2.39. The number of aryl methyl sites for hydroxylation is 1. The first-order chi connectivity index (χ1) is 14.6. The summed E-state index contributed by atoms with van der Waals surface area (Å²) in [4.78, 5) is -0.822. The zero-order valence-electron chi connectivity index (χ0n) is 19.8. The van der Waals surface area contributed by atoms with Crippen LogP contribution in [0.25, 0.3) is 11.3 Å². The maximum absolute atomic E-state index is 13.6. The maximum Gasteiger partial charge on any atom is 0.222 e. The zero-order chi connectivity index (χ0) is 22.6.